The lowest BCUT2D eigenvalue weighted by molar-refractivity contribution is 0.510. The van der Waals surface area contributed by atoms with Gasteiger partial charge in [-0.2, -0.15) is 0 Å². The summed E-state index contributed by atoms with van der Waals surface area (Å²) in [4.78, 5) is 4.63. The molecule has 18 heavy (non-hydrogen) atoms. The van der Waals surface area contributed by atoms with Gasteiger partial charge in [-0.25, -0.2) is 0 Å². The molecule has 98 valence electrons. The molecule has 0 spiro atoms. The van der Waals surface area contributed by atoms with Gasteiger partial charge in [0, 0.05) is 24.9 Å². The van der Waals surface area contributed by atoms with Crippen molar-refractivity contribution < 1.29 is 0 Å². The molecule has 0 bridgehead atoms. The van der Waals surface area contributed by atoms with E-state index in [1.54, 1.807) is 0 Å². The smallest absolute Gasteiger partial charge is 0.0963 e. The van der Waals surface area contributed by atoms with Crippen LogP contribution in [-0.4, -0.2) is 18.9 Å². The molecule has 0 amide bonds. The van der Waals surface area contributed by atoms with E-state index in [4.69, 9.17) is 0 Å². The molecular formula is C16H24N2. The van der Waals surface area contributed by atoms with Gasteiger partial charge in [0.05, 0.1) is 5.84 Å². The second-order valence-electron chi connectivity index (χ2n) is 5.74. The number of amidine groups is 1. The van der Waals surface area contributed by atoms with E-state index in [-0.39, 0.29) is 5.41 Å². The largest absolute Gasteiger partial charge is 0.373 e. The molecule has 0 saturated carbocycles. The summed E-state index contributed by atoms with van der Waals surface area (Å²) in [5.74, 6) is 1.21. The minimum absolute atomic E-state index is 0.149. The topological polar surface area (TPSA) is 24.4 Å². The molecule has 0 fully saturated rings. The van der Waals surface area contributed by atoms with E-state index in [2.05, 4.69) is 54.5 Å². The molecule has 1 heterocycles. The molecule has 1 aromatic carbocycles. The zero-order valence-corrected chi connectivity index (χ0v) is 11.6. The monoisotopic (exact) mass is 244 g/mol. The molecule has 0 radical (unpaired) electrons. The highest BCUT2D eigenvalue weighted by atomic mass is 15.0. The van der Waals surface area contributed by atoms with Gasteiger partial charge in [0.1, 0.15) is 0 Å². The maximum atomic E-state index is 4.63. The Morgan fingerprint density at radius 3 is 2.67 bits per heavy atom. The van der Waals surface area contributed by atoms with E-state index in [0.717, 1.165) is 19.5 Å². The molecule has 1 N–H and O–H groups in total. The third kappa shape index (κ3) is 3.59. The number of hydrogen-bond acceptors (Lipinski definition) is 2. The van der Waals surface area contributed by atoms with Crippen molar-refractivity contribution in [2.75, 3.05) is 13.1 Å². The van der Waals surface area contributed by atoms with E-state index in [1.165, 1.54) is 30.7 Å². The summed E-state index contributed by atoms with van der Waals surface area (Å²) in [6, 6.07) is 10.7. The molecule has 1 aliphatic heterocycles. The molecular weight excluding hydrogens is 220 g/mol. The Morgan fingerprint density at radius 2 is 1.89 bits per heavy atom. The molecule has 1 aromatic rings. The van der Waals surface area contributed by atoms with Gasteiger partial charge < -0.3 is 5.32 Å². The fourth-order valence-corrected chi connectivity index (χ4v) is 2.33. The van der Waals surface area contributed by atoms with Crippen LogP contribution in [0, 0.1) is 0 Å². The van der Waals surface area contributed by atoms with E-state index < -0.39 is 0 Å². The van der Waals surface area contributed by atoms with Crippen molar-refractivity contribution >= 4 is 5.84 Å². The molecule has 0 atom stereocenters. The van der Waals surface area contributed by atoms with Gasteiger partial charge in [0.2, 0.25) is 0 Å². The lowest BCUT2D eigenvalue weighted by atomic mass is 9.84. The second kappa shape index (κ2) is 6.03. The van der Waals surface area contributed by atoms with Crippen molar-refractivity contribution in [2.45, 2.75) is 44.9 Å². The van der Waals surface area contributed by atoms with Gasteiger partial charge in [0.25, 0.3) is 0 Å². The Hall–Kier alpha value is -1.31. The zero-order valence-electron chi connectivity index (χ0n) is 11.6. The van der Waals surface area contributed by atoms with Gasteiger partial charge in [-0.15, -0.1) is 0 Å². The summed E-state index contributed by atoms with van der Waals surface area (Å²) in [6.45, 7) is 6.52. The Balaban J connectivity index is 1.94. The van der Waals surface area contributed by atoms with Gasteiger partial charge in [-0.05, 0) is 18.4 Å². The van der Waals surface area contributed by atoms with Crippen molar-refractivity contribution in [1.29, 1.82) is 0 Å². The van der Waals surface area contributed by atoms with Crippen LogP contribution in [0.3, 0.4) is 0 Å². The highest BCUT2D eigenvalue weighted by Crippen LogP contribution is 2.21. The summed E-state index contributed by atoms with van der Waals surface area (Å²) in [5.41, 5.74) is 1.53. The first-order valence-corrected chi connectivity index (χ1v) is 7.01. The zero-order chi connectivity index (χ0) is 12.8. The molecule has 0 aliphatic carbocycles. The number of nitrogens with zero attached hydrogens (tertiary/aromatic N) is 1. The van der Waals surface area contributed by atoms with Gasteiger partial charge in [-0.1, -0.05) is 50.6 Å². The van der Waals surface area contributed by atoms with Crippen LogP contribution in [0.1, 0.15) is 45.1 Å². The van der Waals surface area contributed by atoms with Crippen molar-refractivity contribution in [3.63, 3.8) is 0 Å². The molecule has 0 unspecified atom stereocenters. The first kappa shape index (κ1) is 13.1. The number of benzene rings is 1. The lowest BCUT2D eigenvalue weighted by Gasteiger charge is -2.26. The molecule has 0 aromatic heterocycles. The number of rotatable bonds is 3. The molecule has 2 heteroatoms. The van der Waals surface area contributed by atoms with Crippen molar-refractivity contribution in [3.05, 3.63) is 35.9 Å². The Labute approximate surface area is 111 Å². The van der Waals surface area contributed by atoms with Crippen LogP contribution in [0.25, 0.3) is 0 Å². The minimum Gasteiger partial charge on any atom is -0.373 e. The van der Waals surface area contributed by atoms with E-state index in [0.29, 0.717) is 0 Å². The molecule has 2 rings (SSSR count). The van der Waals surface area contributed by atoms with Crippen molar-refractivity contribution in [3.8, 4) is 0 Å². The van der Waals surface area contributed by atoms with Crippen LogP contribution in [0.5, 0.6) is 0 Å². The third-order valence-corrected chi connectivity index (χ3v) is 3.66. The number of aliphatic imine (C=N–C) groups is 1. The second-order valence-corrected chi connectivity index (χ2v) is 5.74. The summed E-state index contributed by atoms with van der Waals surface area (Å²) < 4.78 is 0. The average Bonchev–Trinajstić information content (AvgIpc) is 2.66. The van der Waals surface area contributed by atoms with E-state index in [9.17, 15) is 0 Å². The summed E-state index contributed by atoms with van der Waals surface area (Å²) in [5, 5.41) is 3.55. The predicted octanol–water partition coefficient (Wildman–Crippen LogP) is 3.53. The quantitative estimate of drug-likeness (QED) is 0.864. The van der Waals surface area contributed by atoms with Gasteiger partial charge >= 0.3 is 0 Å². The van der Waals surface area contributed by atoms with Gasteiger partial charge in [-0.3, -0.25) is 4.99 Å². The van der Waals surface area contributed by atoms with Crippen molar-refractivity contribution in [2.24, 2.45) is 4.99 Å². The molecule has 2 nitrogen and oxygen atoms in total. The van der Waals surface area contributed by atoms with Crippen LogP contribution in [0.2, 0.25) is 0 Å². The lowest BCUT2D eigenvalue weighted by Crippen LogP contribution is -2.36. The third-order valence-electron chi connectivity index (χ3n) is 3.66. The maximum Gasteiger partial charge on any atom is 0.0963 e. The normalized spacial score (nSPS) is 16.9. The van der Waals surface area contributed by atoms with Gasteiger partial charge in [0.15, 0.2) is 0 Å². The minimum atomic E-state index is 0.149. The van der Waals surface area contributed by atoms with E-state index >= 15 is 0 Å². The SMILES string of the molecule is CC(C)(CNC1=NCCCCC1)c1ccccc1. The fourth-order valence-electron chi connectivity index (χ4n) is 2.33. The van der Waals surface area contributed by atoms with Crippen LogP contribution in [-0.2, 0) is 5.41 Å². The van der Waals surface area contributed by atoms with Crippen LogP contribution >= 0.6 is 0 Å². The Kier molecular flexibility index (Phi) is 4.40. The maximum absolute atomic E-state index is 4.63. The highest BCUT2D eigenvalue weighted by Gasteiger charge is 2.20. The predicted molar refractivity (Wildman–Crippen MR) is 78.2 cm³/mol. The van der Waals surface area contributed by atoms with Crippen LogP contribution in [0.15, 0.2) is 35.3 Å². The number of hydrogen-bond donors (Lipinski definition) is 1. The van der Waals surface area contributed by atoms with Crippen molar-refractivity contribution in [1.82, 2.24) is 5.32 Å². The summed E-state index contributed by atoms with van der Waals surface area (Å²) in [7, 11) is 0. The number of nitrogens with one attached hydrogen (secondary N) is 1. The Morgan fingerprint density at radius 1 is 1.11 bits per heavy atom. The molecule has 1 aliphatic rings. The first-order chi connectivity index (χ1) is 8.68. The summed E-state index contributed by atoms with van der Waals surface area (Å²) in [6.07, 6.45) is 4.95. The van der Waals surface area contributed by atoms with Crippen LogP contribution < -0.4 is 5.32 Å². The van der Waals surface area contributed by atoms with E-state index in [1.807, 2.05) is 0 Å². The standard InChI is InChI=1S/C16H24N2/c1-16(2,14-9-5-3-6-10-14)13-18-15-11-7-4-8-12-17-15/h3,5-6,9-10H,4,7-8,11-13H2,1-2H3,(H,17,18). The average molecular weight is 244 g/mol. The summed E-state index contributed by atoms with van der Waals surface area (Å²) >= 11 is 0. The highest BCUT2D eigenvalue weighted by molar-refractivity contribution is 5.82. The first-order valence-electron chi connectivity index (χ1n) is 7.01. The van der Waals surface area contributed by atoms with Crippen LogP contribution in [0.4, 0.5) is 0 Å². The molecule has 0 saturated heterocycles. The Bertz CT molecular complexity index is 393. The fraction of sp³-hybridized carbons (Fsp3) is 0.562.